The molecular weight excluding hydrogens is 330 g/mol. The van der Waals surface area contributed by atoms with E-state index in [1.807, 2.05) is 19.1 Å². The topological polar surface area (TPSA) is 79.0 Å². The third-order valence-corrected chi connectivity index (χ3v) is 4.04. The number of furan rings is 1. The van der Waals surface area contributed by atoms with Crippen molar-refractivity contribution in [2.24, 2.45) is 4.99 Å². The number of hydrogen-bond acceptors (Lipinski definition) is 4. The van der Waals surface area contributed by atoms with Gasteiger partial charge in [0.05, 0.1) is 19.9 Å². The average Bonchev–Trinajstić information content (AvgIpc) is 3.19. The fourth-order valence-corrected chi connectivity index (χ4v) is 2.53. The largest absolute Gasteiger partial charge is 0.497 e. The van der Waals surface area contributed by atoms with Crippen LogP contribution in [0.2, 0.25) is 0 Å². The maximum atomic E-state index is 10.5. The van der Waals surface area contributed by atoms with E-state index in [2.05, 4.69) is 27.8 Å². The monoisotopic (exact) mass is 359 g/mol. The van der Waals surface area contributed by atoms with Crippen molar-refractivity contribution in [1.82, 2.24) is 10.6 Å². The van der Waals surface area contributed by atoms with Crippen LogP contribution < -0.4 is 15.4 Å². The van der Waals surface area contributed by atoms with E-state index in [4.69, 9.17) is 9.15 Å². The van der Waals surface area contributed by atoms with Crippen LogP contribution in [0, 0.1) is 0 Å². The third kappa shape index (κ3) is 6.11. The van der Waals surface area contributed by atoms with Crippen LogP contribution in [-0.2, 0) is 12.0 Å². The Morgan fingerprint density at radius 2 is 2.00 bits per heavy atom. The number of rotatable bonds is 9. The first-order chi connectivity index (χ1) is 12.5. The van der Waals surface area contributed by atoms with Crippen molar-refractivity contribution in [3.63, 3.8) is 0 Å². The molecule has 0 aliphatic rings. The minimum absolute atomic E-state index is 0.217. The maximum absolute atomic E-state index is 10.5. The van der Waals surface area contributed by atoms with Crippen LogP contribution in [-0.4, -0.2) is 37.8 Å². The van der Waals surface area contributed by atoms with Gasteiger partial charge in [0.2, 0.25) is 0 Å². The number of nitrogens with one attached hydrogen (secondary N) is 2. The van der Waals surface area contributed by atoms with Gasteiger partial charge < -0.3 is 24.9 Å². The number of aliphatic imine (C=N–C) groups is 1. The first kappa shape index (κ1) is 19.8. The molecule has 142 valence electrons. The molecular formula is C20H29N3O3. The summed E-state index contributed by atoms with van der Waals surface area (Å²) in [6.45, 7) is 5.48. The van der Waals surface area contributed by atoms with Crippen molar-refractivity contribution in [1.29, 1.82) is 0 Å². The van der Waals surface area contributed by atoms with Gasteiger partial charge in [-0.25, -0.2) is 4.99 Å². The summed E-state index contributed by atoms with van der Waals surface area (Å²) in [5, 5.41) is 17.0. The van der Waals surface area contributed by atoms with Gasteiger partial charge in [-0.05, 0) is 56.5 Å². The minimum atomic E-state index is -1.13. The van der Waals surface area contributed by atoms with Crippen LogP contribution in [0.1, 0.15) is 31.6 Å². The number of ether oxygens (including phenoxy) is 1. The highest BCUT2D eigenvalue weighted by Gasteiger charge is 2.25. The summed E-state index contributed by atoms with van der Waals surface area (Å²) >= 11 is 0. The molecule has 0 bridgehead atoms. The summed E-state index contributed by atoms with van der Waals surface area (Å²) in [6, 6.07) is 11.6. The number of guanidine groups is 1. The molecule has 0 aliphatic heterocycles. The van der Waals surface area contributed by atoms with Crippen LogP contribution in [0.3, 0.4) is 0 Å². The lowest BCUT2D eigenvalue weighted by molar-refractivity contribution is 0.0437. The Morgan fingerprint density at radius 1 is 1.23 bits per heavy atom. The number of aliphatic hydroxyl groups is 1. The molecule has 0 spiro atoms. The minimum Gasteiger partial charge on any atom is -0.497 e. The smallest absolute Gasteiger partial charge is 0.191 e. The molecule has 3 N–H and O–H groups in total. The normalized spacial score (nSPS) is 13.9. The molecule has 2 rings (SSSR count). The zero-order chi connectivity index (χ0) is 18.8. The van der Waals surface area contributed by atoms with Gasteiger partial charge in [-0.3, -0.25) is 0 Å². The molecule has 0 aliphatic carbocycles. The zero-order valence-electron chi connectivity index (χ0n) is 15.8. The second kappa shape index (κ2) is 9.87. The molecule has 0 saturated heterocycles. The molecule has 1 heterocycles. The van der Waals surface area contributed by atoms with Gasteiger partial charge in [0.25, 0.3) is 0 Å². The van der Waals surface area contributed by atoms with Gasteiger partial charge in [-0.2, -0.15) is 0 Å². The van der Waals surface area contributed by atoms with E-state index < -0.39 is 5.60 Å². The average molecular weight is 359 g/mol. The highest BCUT2D eigenvalue weighted by atomic mass is 16.5. The van der Waals surface area contributed by atoms with Crippen molar-refractivity contribution >= 4 is 5.96 Å². The van der Waals surface area contributed by atoms with Crippen LogP contribution in [0.15, 0.2) is 52.1 Å². The van der Waals surface area contributed by atoms with Crippen molar-refractivity contribution in [2.75, 3.05) is 26.7 Å². The Labute approximate surface area is 155 Å². The number of benzene rings is 1. The zero-order valence-corrected chi connectivity index (χ0v) is 15.8. The van der Waals surface area contributed by atoms with Crippen LogP contribution in [0.5, 0.6) is 5.75 Å². The second-order valence-electron chi connectivity index (χ2n) is 6.32. The summed E-state index contributed by atoms with van der Waals surface area (Å²) in [5.74, 6) is 2.07. The Bertz CT molecular complexity index is 664. The highest BCUT2D eigenvalue weighted by Crippen LogP contribution is 2.21. The first-order valence-electron chi connectivity index (χ1n) is 8.96. The highest BCUT2D eigenvalue weighted by molar-refractivity contribution is 5.79. The van der Waals surface area contributed by atoms with E-state index in [0.29, 0.717) is 11.7 Å². The second-order valence-corrected chi connectivity index (χ2v) is 6.32. The lowest BCUT2D eigenvalue weighted by Crippen LogP contribution is -2.39. The van der Waals surface area contributed by atoms with Gasteiger partial charge in [0.1, 0.15) is 17.1 Å². The fraction of sp³-hybridized carbons (Fsp3) is 0.450. The van der Waals surface area contributed by atoms with Crippen LogP contribution >= 0.6 is 0 Å². The van der Waals surface area contributed by atoms with E-state index in [1.54, 1.807) is 32.4 Å². The quantitative estimate of drug-likeness (QED) is 0.364. The SMILES string of the molecule is CCNC(=NCC(C)(O)c1ccco1)NCCCc1ccc(OC)cc1. The predicted octanol–water partition coefficient (Wildman–Crippen LogP) is 2.68. The number of hydrogen-bond donors (Lipinski definition) is 3. The van der Waals surface area contributed by atoms with E-state index in [1.165, 1.54) is 5.56 Å². The summed E-state index contributed by atoms with van der Waals surface area (Å²) in [7, 11) is 1.67. The molecule has 0 fully saturated rings. The van der Waals surface area contributed by atoms with Gasteiger partial charge in [0, 0.05) is 13.1 Å². The predicted molar refractivity (Wildman–Crippen MR) is 104 cm³/mol. The van der Waals surface area contributed by atoms with Gasteiger partial charge in [-0.15, -0.1) is 0 Å². The Morgan fingerprint density at radius 3 is 2.62 bits per heavy atom. The van der Waals surface area contributed by atoms with E-state index >= 15 is 0 Å². The maximum Gasteiger partial charge on any atom is 0.191 e. The fourth-order valence-electron chi connectivity index (χ4n) is 2.53. The first-order valence-corrected chi connectivity index (χ1v) is 8.96. The lowest BCUT2D eigenvalue weighted by Gasteiger charge is -2.19. The summed E-state index contributed by atoms with van der Waals surface area (Å²) in [5.41, 5.74) is 0.143. The third-order valence-electron chi connectivity index (χ3n) is 4.04. The van der Waals surface area contributed by atoms with Crippen molar-refractivity contribution in [3.8, 4) is 5.75 Å². The van der Waals surface area contributed by atoms with E-state index in [-0.39, 0.29) is 6.54 Å². The van der Waals surface area contributed by atoms with Gasteiger partial charge >= 0.3 is 0 Å². The van der Waals surface area contributed by atoms with Crippen LogP contribution in [0.4, 0.5) is 0 Å². The van der Waals surface area contributed by atoms with Gasteiger partial charge in [-0.1, -0.05) is 12.1 Å². The van der Waals surface area contributed by atoms with Crippen molar-refractivity contribution in [2.45, 2.75) is 32.3 Å². The number of nitrogens with zero attached hydrogens (tertiary/aromatic N) is 1. The molecule has 6 nitrogen and oxygen atoms in total. The molecule has 26 heavy (non-hydrogen) atoms. The van der Waals surface area contributed by atoms with Crippen molar-refractivity contribution in [3.05, 3.63) is 54.0 Å². The molecule has 1 aromatic heterocycles. The standard InChI is InChI=1S/C20H29N3O3/c1-4-21-19(23-15-20(2,24)18-8-6-14-26-18)22-13-5-7-16-9-11-17(25-3)12-10-16/h6,8-12,14,24H,4-5,7,13,15H2,1-3H3,(H2,21,22,23). The summed E-state index contributed by atoms with van der Waals surface area (Å²) in [6.07, 6.45) is 3.50. The Balaban J connectivity index is 1.81. The molecule has 6 heteroatoms. The Kier molecular flexibility index (Phi) is 7.53. The summed E-state index contributed by atoms with van der Waals surface area (Å²) < 4.78 is 10.5. The van der Waals surface area contributed by atoms with Crippen LogP contribution in [0.25, 0.3) is 0 Å². The summed E-state index contributed by atoms with van der Waals surface area (Å²) in [4.78, 5) is 4.48. The molecule has 2 aromatic rings. The molecule has 1 unspecified atom stereocenters. The molecule has 0 saturated carbocycles. The number of aryl methyl sites for hydroxylation is 1. The van der Waals surface area contributed by atoms with Gasteiger partial charge in [0.15, 0.2) is 5.96 Å². The number of methoxy groups -OCH3 is 1. The Hall–Kier alpha value is -2.47. The molecule has 1 atom stereocenters. The van der Waals surface area contributed by atoms with Crippen molar-refractivity contribution < 1.29 is 14.3 Å². The molecule has 1 aromatic carbocycles. The molecule has 0 radical (unpaired) electrons. The van der Waals surface area contributed by atoms with E-state index in [0.717, 1.165) is 31.7 Å². The lowest BCUT2D eigenvalue weighted by atomic mass is 10.0. The molecule has 0 amide bonds. The van der Waals surface area contributed by atoms with E-state index in [9.17, 15) is 5.11 Å².